The molecule has 3 nitrogen and oxygen atoms in total. The molecule has 0 spiro atoms. The molecule has 4 aromatic rings. The summed E-state index contributed by atoms with van der Waals surface area (Å²) in [5.41, 5.74) is 4.93. The molecule has 0 saturated carbocycles. The Morgan fingerprint density at radius 3 is 2.06 bits per heavy atom. The van der Waals surface area contributed by atoms with Crippen molar-refractivity contribution in [1.82, 2.24) is 0 Å². The van der Waals surface area contributed by atoms with E-state index >= 15 is 0 Å². The van der Waals surface area contributed by atoms with Gasteiger partial charge in [-0.15, -0.1) is 0 Å². The van der Waals surface area contributed by atoms with Gasteiger partial charge in [-0.05, 0) is 62.4 Å². The van der Waals surface area contributed by atoms with E-state index in [0.717, 1.165) is 27.8 Å². The van der Waals surface area contributed by atoms with Crippen molar-refractivity contribution < 1.29 is 9.53 Å². The molecule has 0 saturated heterocycles. The fraction of sp³-hybridized carbons (Fsp3) is 0.233. The van der Waals surface area contributed by atoms with Gasteiger partial charge in [0.05, 0.1) is 11.5 Å². The SMILES string of the molecule is Cc1ccc(C2(C(=O)Nc3ccc(OC(C)C)c4ccccc34)Cc3ccccc3C2)cc1. The van der Waals surface area contributed by atoms with Crippen LogP contribution in [-0.2, 0) is 23.1 Å². The van der Waals surface area contributed by atoms with E-state index in [9.17, 15) is 4.79 Å². The van der Waals surface area contributed by atoms with Crippen molar-refractivity contribution in [2.24, 2.45) is 0 Å². The predicted octanol–water partition coefficient (Wildman–Crippen LogP) is 6.61. The molecule has 0 aliphatic heterocycles. The average molecular weight is 436 g/mol. The van der Waals surface area contributed by atoms with E-state index in [1.165, 1.54) is 16.7 Å². The number of nitrogens with one attached hydrogen (secondary N) is 1. The molecule has 4 aromatic carbocycles. The minimum Gasteiger partial charge on any atom is -0.490 e. The van der Waals surface area contributed by atoms with E-state index in [-0.39, 0.29) is 12.0 Å². The Morgan fingerprint density at radius 2 is 1.42 bits per heavy atom. The maximum absolute atomic E-state index is 14.1. The fourth-order valence-electron chi connectivity index (χ4n) is 4.96. The Morgan fingerprint density at radius 1 is 0.818 bits per heavy atom. The molecule has 0 fully saturated rings. The van der Waals surface area contributed by atoms with Crippen molar-refractivity contribution in [3.63, 3.8) is 0 Å². The van der Waals surface area contributed by atoms with Crippen molar-refractivity contribution in [3.05, 3.63) is 107 Å². The number of rotatable bonds is 5. The van der Waals surface area contributed by atoms with Gasteiger partial charge in [0.25, 0.3) is 0 Å². The number of amides is 1. The van der Waals surface area contributed by atoms with E-state index in [4.69, 9.17) is 4.74 Å². The van der Waals surface area contributed by atoms with Gasteiger partial charge in [0.2, 0.25) is 5.91 Å². The first-order valence-electron chi connectivity index (χ1n) is 11.6. The number of benzene rings is 4. The van der Waals surface area contributed by atoms with E-state index in [1.54, 1.807) is 0 Å². The van der Waals surface area contributed by atoms with Crippen LogP contribution in [0.15, 0.2) is 84.9 Å². The number of aryl methyl sites for hydroxylation is 1. The third-order valence-corrected chi connectivity index (χ3v) is 6.64. The lowest BCUT2D eigenvalue weighted by Crippen LogP contribution is -2.41. The molecule has 0 bridgehead atoms. The molecule has 33 heavy (non-hydrogen) atoms. The van der Waals surface area contributed by atoms with Crippen LogP contribution in [0.3, 0.4) is 0 Å². The molecule has 5 rings (SSSR count). The van der Waals surface area contributed by atoms with Gasteiger partial charge in [-0.2, -0.15) is 0 Å². The fourth-order valence-corrected chi connectivity index (χ4v) is 4.96. The zero-order valence-electron chi connectivity index (χ0n) is 19.4. The third-order valence-electron chi connectivity index (χ3n) is 6.64. The van der Waals surface area contributed by atoms with Crippen molar-refractivity contribution in [1.29, 1.82) is 0 Å². The Bertz CT molecular complexity index is 1300. The van der Waals surface area contributed by atoms with Crippen LogP contribution in [0.25, 0.3) is 10.8 Å². The van der Waals surface area contributed by atoms with Crippen molar-refractivity contribution in [2.45, 2.75) is 45.1 Å². The highest BCUT2D eigenvalue weighted by atomic mass is 16.5. The Hall–Kier alpha value is -3.59. The number of fused-ring (bicyclic) bond motifs is 2. The minimum absolute atomic E-state index is 0.0326. The molecule has 1 aliphatic carbocycles. The quantitative estimate of drug-likeness (QED) is 0.383. The molecule has 1 amide bonds. The van der Waals surface area contributed by atoms with Gasteiger partial charge >= 0.3 is 0 Å². The smallest absolute Gasteiger partial charge is 0.235 e. The third kappa shape index (κ3) is 3.89. The topological polar surface area (TPSA) is 38.3 Å². The van der Waals surface area contributed by atoms with Gasteiger partial charge < -0.3 is 10.1 Å². The second-order valence-electron chi connectivity index (χ2n) is 9.35. The molecule has 0 aromatic heterocycles. The summed E-state index contributed by atoms with van der Waals surface area (Å²) >= 11 is 0. The molecular formula is C30H29NO2. The normalized spacial score (nSPS) is 14.3. The molecule has 166 valence electrons. The lowest BCUT2D eigenvalue weighted by molar-refractivity contribution is -0.121. The van der Waals surface area contributed by atoms with Crippen LogP contribution in [0.2, 0.25) is 0 Å². The van der Waals surface area contributed by atoms with Crippen molar-refractivity contribution >= 4 is 22.4 Å². The van der Waals surface area contributed by atoms with Crippen LogP contribution in [0, 0.1) is 6.92 Å². The summed E-state index contributed by atoms with van der Waals surface area (Å²) in [5, 5.41) is 5.29. The van der Waals surface area contributed by atoms with Gasteiger partial charge in [0, 0.05) is 16.5 Å². The van der Waals surface area contributed by atoms with Gasteiger partial charge in [0.15, 0.2) is 0 Å². The highest BCUT2D eigenvalue weighted by molar-refractivity contribution is 6.07. The van der Waals surface area contributed by atoms with E-state index in [1.807, 2.05) is 50.2 Å². The molecule has 0 heterocycles. The van der Waals surface area contributed by atoms with Gasteiger partial charge in [-0.1, -0.05) is 78.4 Å². The Kier molecular flexibility index (Phi) is 5.41. The minimum atomic E-state index is -0.633. The summed E-state index contributed by atoms with van der Waals surface area (Å²) in [7, 11) is 0. The average Bonchev–Trinajstić information content (AvgIpc) is 3.22. The monoisotopic (exact) mass is 435 g/mol. The molecule has 0 radical (unpaired) electrons. The van der Waals surface area contributed by atoms with Crippen molar-refractivity contribution in [2.75, 3.05) is 5.32 Å². The van der Waals surface area contributed by atoms with Gasteiger partial charge in [0.1, 0.15) is 5.75 Å². The summed E-state index contributed by atoms with van der Waals surface area (Å²) in [4.78, 5) is 14.1. The molecule has 1 N–H and O–H groups in total. The zero-order chi connectivity index (χ0) is 23.0. The molecular weight excluding hydrogens is 406 g/mol. The number of ether oxygens (including phenoxy) is 1. The molecule has 3 heteroatoms. The standard InChI is InChI=1S/C30H29NO2/c1-20(2)33-28-17-16-27(25-10-6-7-11-26(25)28)31-29(32)30(24-14-12-21(3)13-15-24)18-22-8-4-5-9-23(22)19-30/h4-17,20H,18-19H2,1-3H3,(H,31,32). The van der Waals surface area contributed by atoms with Crippen LogP contribution in [0.5, 0.6) is 5.75 Å². The first-order chi connectivity index (χ1) is 16.0. The Balaban J connectivity index is 1.56. The number of carbonyl (C=O) groups is 1. The van der Waals surface area contributed by atoms with Gasteiger partial charge in [-0.3, -0.25) is 4.79 Å². The molecule has 0 atom stereocenters. The zero-order valence-corrected chi connectivity index (χ0v) is 19.4. The first kappa shape index (κ1) is 21.3. The second kappa shape index (κ2) is 8.40. The second-order valence-corrected chi connectivity index (χ2v) is 9.35. The van der Waals surface area contributed by atoms with E-state index < -0.39 is 5.41 Å². The highest BCUT2D eigenvalue weighted by Gasteiger charge is 2.45. The molecule has 1 aliphatic rings. The van der Waals surface area contributed by atoms with Crippen LogP contribution >= 0.6 is 0 Å². The predicted molar refractivity (Wildman–Crippen MR) is 135 cm³/mol. The first-order valence-corrected chi connectivity index (χ1v) is 11.6. The summed E-state index contributed by atoms with van der Waals surface area (Å²) in [6.45, 7) is 6.12. The van der Waals surface area contributed by atoms with E-state index in [0.29, 0.717) is 12.8 Å². The van der Waals surface area contributed by atoms with Gasteiger partial charge in [-0.25, -0.2) is 0 Å². The summed E-state index contributed by atoms with van der Waals surface area (Å²) in [5.74, 6) is 0.866. The largest absolute Gasteiger partial charge is 0.490 e. The lowest BCUT2D eigenvalue weighted by atomic mass is 9.76. The number of hydrogen-bond acceptors (Lipinski definition) is 2. The van der Waals surface area contributed by atoms with Crippen LogP contribution in [-0.4, -0.2) is 12.0 Å². The maximum Gasteiger partial charge on any atom is 0.235 e. The summed E-state index contributed by atoms with van der Waals surface area (Å²) < 4.78 is 6.02. The number of anilines is 1. The molecule has 0 unspecified atom stereocenters. The van der Waals surface area contributed by atoms with Crippen LogP contribution < -0.4 is 10.1 Å². The van der Waals surface area contributed by atoms with Crippen LogP contribution in [0.1, 0.15) is 36.1 Å². The number of hydrogen-bond donors (Lipinski definition) is 1. The summed E-state index contributed by atoms with van der Waals surface area (Å²) in [6, 6.07) is 28.8. The van der Waals surface area contributed by atoms with Crippen molar-refractivity contribution in [3.8, 4) is 5.75 Å². The maximum atomic E-state index is 14.1. The van der Waals surface area contributed by atoms with E-state index in [2.05, 4.69) is 60.8 Å². The highest BCUT2D eigenvalue weighted by Crippen LogP contribution is 2.42. The van der Waals surface area contributed by atoms with Crippen LogP contribution in [0.4, 0.5) is 5.69 Å². The lowest BCUT2D eigenvalue weighted by Gasteiger charge is -2.29. The summed E-state index contributed by atoms with van der Waals surface area (Å²) in [6.07, 6.45) is 1.48. The number of carbonyl (C=O) groups excluding carboxylic acids is 1. The Labute approximate surface area is 195 Å².